The van der Waals surface area contributed by atoms with Crippen molar-refractivity contribution in [3.63, 3.8) is 0 Å². The number of imide groups is 1. The van der Waals surface area contributed by atoms with Crippen LogP contribution in [0.25, 0.3) is 0 Å². The second-order valence-corrected chi connectivity index (χ2v) is 6.68. The van der Waals surface area contributed by atoms with Crippen LogP contribution in [-0.4, -0.2) is 59.6 Å². The van der Waals surface area contributed by atoms with E-state index in [-0.39, 0.29) is 37.5 Å². The van der Waals surface area contributed by atoms with Crippen molar-refractivity contribution in [3.05, 3.63) is 71.3 Å². The molecule has 30 heavy (non-hydrogen) atoms. The minimum Gasteiger partial charge on any atom is -0.445 e. The number of hydroxylamine groups is 2. The minimum absolute atomic E-state index is 0.0389. The summed E-state index contributed by atoms with van der Waals surface area (Å²) in [5.74, 6) is -2.43. The van der Waals surface area contributed by atoms with E-state index in [0.29, 0.717) is 5.06 Å². The molecule has 0 saturated carbocycles. The molecule has 2 aromatic rings. The quantitative estimate of drug-likeness (QED) is 0.708. The number of amides is 3. The molecule has 2 aliphatic heterocycles. The summed E-state index contributed by atoms with van der Waals surface area (Å²) in [4.78, 5) is 56.2. The third-order valence-electron chi connectivity index (χ3n) is 4.78. The highest BCUT2D eigenvalue weighted by Crippen LogP contribution is 2.23. The van der Waals surface area contributed by atoms with Gasteiger partial charge in [-0.25, -0.2) is 9.59 Å². The Morgan fingerprint density at radius 2 is 1.60 bits per heavy atom. The van der Waals surface area contributed by atoms with Crippen molar-refractivity contribution in [1.29, 1.82) is 0 Å². The molecule has 0 N–H and O–H groups in total. The molecule has 154 valence electrons. The Bertz CT molecular complexity index is 957. The molecule has 3 amide bonds. The molecule has 9 heteroatoms. The lowest BCUT2D eigenvalue weighted by molar-refractivity contribution is -0.179. The second-order valence-electron chi connectivity index (χ2n) is 6.68. The third-order valence-corrected chi connectivity index (χ3v) is 4.78. The van der Waals surface area contributed by atoms with Crippen molar-refractivity contribution in [1.82, 2.24) is 9.96 Å². The molecule has 1 atom stereocenters. The fourth-order valence-corrected chi connectivity index (χ4v) is 3.22. The zero-order valence-electron chi connectivity index (χ0n) is 15.9. The fraction of sp³-hybridized carbons (Fsp3) is 0.238. The zero-order valence-corrected chi connectivity index (χ0v) is 15.9. The van der Waals surface area contributed by atoms with Gasteiger partial charge in [0.15, 0.2) is 6.04 Å². The molecular formula is C21H18N2O7. The van der Waals surface area contributed by atoms with E-state index in [9.17, 15) is 19.2 Å². The van der Waals surface area contributed by atoms with Crippen molar-refractivity contribution >= 4 is 23.9 Å². The van der Waals surface area contributed by atoms with Gasteiger partial charge >= 0.3 is 12.1 Å². The maximum atomic E-state index is 12.7. The van der Waals surface area contributed by atoms with Crippen LogP contribution in [0.15, 0.2) is 54.6 Å². The van der Waals surface area contributed by atoms with Gasteiger partial charge in [-0.3, -0.25) is 14.5 Å². The Kier molecular flexibility index (Phi) is 5.44. The van der Waals surface area contributed by atoms with Gasteiger partial charge < -0.3 is 14.3 Å². The number of rotatable bonds is 4. The van der Waals surface area contributed by atoms with Crippen molar-refractivity contribution in [3.8, 4) is 0 Å². The number of carbonyl (C=O) groups excluding carboxylic acids is 4. The van der Waals surface area contributed by atoms with Crippen molar-refractivity contribution in [2.24, 2.45) is 0 Å². The van der Waals surface area contributed by atoms with Gasteiger partial charge in [0.05, 0.1) is 24.3 Å². The van der Waals surface area contributed by atoms with Crippen molar-refractivity contribution in [2.75, 3.05) is 19.8 Å². The van der Waals surface area contributed by atoms with Crippen LogP contribution in [0.3, 0.4) is 0 Å². The smallest absolute Gasteiger partial charge is 0.411 e. The lowest BCUT2D eigenvalue weighted by Crippen LogP contribution is -2.54. The van der Waals surface area contributed by atoms with Gasteiger partial charge in [-0.15, -0.1) is 0 Å². The number of benzene rings is 2. The van der Waals surface area contributed by atoms with E-state index in [1.165, 1.54) is 17.0 Å². The highest BCUT2D eigenvalue weighted by Gasteiger charge is 2.42. The molecule has 0 radical (unpaired) electrons. The van der Waals surface area contributed by atoms with Crippen LogP contribution in [0, 0.1) is 0 Å². The highest BCUT2D eigenvalue weighted by molar-refractivity contribution is 6.20. The van der Waals surface area contributed by atoms with Crippen LogP contribution in [-0.2, 0) is 25.7 Å². The van der Waals surface area contributed by atoms with Crippen LogP contribution < -0.4 is 0 Å². The summed E-state index contributed by atoms with van der Waals surface area (Å²) < 4.78 is 10.6. The van der Waals surface area contributed by atoms with Gasteiger partial charge in [0.25, 0.3) is 11.8 Å². The average Bonchev–Trinajstić information content (AvgIpc) is 3.03. The van der Waals surface area contributed by atoms with Gasteiger partial charge in [0, 0.05) is 6.54 Å². The van der Waals surface area contributed by atoms with E-state index in [2.05, 4.69) is 0 Å². The summed E-state index contributed by atoms with van der Waals surface area (Å²) in [7, 11) is 0. The van der Waals surface area contributed by atoms with Crippen LogP contribution in [0.2, 0.25) is 0 Å². The van der Waals surface area contributed by atoms with Gasteiger partial charge in [-0.05, 0) is 17.7 Å². The summed E-state index contributed by atoms with van der Waals surface area (Å²) in [5, 5.41) is 0.412. The number of ether oxygens (including phenoxy) is 2. The lowest BCUT2D eigenvalue weighted by atomic mass is 10.1. The van der Waals surface area contributed by atoms with Gasteiger partial charge in [-0.2, -0.15) is 0 Å². The summed E-state index contributed by atoms with van der Waals surface area (Å²) >= 11 is 0. The summed E-state index contributed by atoms with van der Waals surface area (Å²) in [6.45, 7) is 0.229. The van der Waals surface area contributed by atoms with E-state index in [0.717, 1.165) is 5.56 Å². The van der Waals surface area contributed by atoms with E-state index in [4.69, 9.17) is 14.3 Å². The maximum Gasteiger partial charge on any atom is 0.411 e. The molecule has 2 aromatic carbocycles. The Hall–Kier alpha value is -3.72. The van der Waals surface area contributed by atoms with Crippen LogP contribution >= 0.6 is 0 Å². The van der Waals surface area contributed by atoms with E-state index < -0.39 is 29.9 Å². The largest absolute Gasteiger partial charge is 0.445 e. The van der Waals surface area contributed by atoms with Gasteiger partial charge in [0.1, 0.15) is 6.61 Å². The monoisotopic (exact) mass is 410 g/mol. The molecule has 1 fully saturated rings. The molecular weight excluding hydrogens is 392 g/mol. The normalized spacial score (nSPS) is 18.2. The number of fused-ring (bicyclic) bond motifs is 1. The first-order valence-corrected chi connectivity index (χ1v) is 9.31. The van der Waals surface area contributed by atoms with E-state index in [1.807, 2.05) is 18.2 Å². The fourth-order valence-electron chi connectivity index (χ4n) is 3.22. The predicted octanol–water partition coefficient (Wildman–Crippen LogP) is 1.78. The molecule has 0 aliphatic carbocycles. The first kappa shape index (κ1) is 19.6. The highest BCUT2D eigenvalue weighted by atomic mass is 16.7. The van der Waals surface area contributed by atoms with Crippen molar-refractivity contribution < 1.29 is 33.5 Å². The first-order valence-electron chi connectivity index (χ1n) is 9.31. The van der Waals surface area contributed by atoms with Gasteiger partial charge in [0.2, 0.25) is 0 Å². The van der Waals surface area contributed by atoms with Crippen LogP contribution in [0.1, 0.15) is 26.3 Å². The molecule has 4 rings (SSSR count). The van der Waals surface area contributed by atoms with E-state index in [1.54, 1.807) is 24.3 Å². The van der Waals surface area contributed by atoms with Crippen molar-refractivity contribution in [2.45, 2.75) is 12.6 Å². The molecule has 1 unspecified atom stereocenters. The predicted molar refractivity (Wildman–Crippen MR) is 101 cm³/mol. The number of nitrogens with zero attached hydrogens (tertiary/aromatic N) is 2. The minimum atomic E-state index is -1.15. The Morgan fingerprint density at radius 3 is 2.27 bits per heavy atom. The Labute approximate surface area is 171 Å². The summed E-state index contributed by atoms with van der Waals surface area (Å²) in [5.41, 5.74) is 1.09. The molecule has 9 nitrogen and oxygen atoms in total. The number of hydrogen-bond donors (Lipinski definition) is 0. The van der Waals surface area contributed by atoms with Crippen LogP contribution in [0.4, 0.5) is 4.79 Å². The second kappa shape index (κ2) is 8.34. The first-order chi connectivity index (χ1) is 14.6. The Balaban J connectivity index is 1.42. The molecule has 2 aliphatic rings. The molecule has 0 bridgehead atoms. The standard InChI is InChI=1S/C21H18N2O7/c24-18-15-8-4-5-9-16(15)19(25)23(18)30-20(26)17-13-28-11-10-22(17)21(27)29-12-14-6-2-1-3-7-14/h1-9,17H,10-13H2. The Morgan fingerprint density at radius 1 is 0.967 bits per heavy atom. The molecule has 0 spiro atoms. The zero-order chi connectivity index (χ0) is 21.1. The molecule has 1 saturated heterocycles. The van der Waals surface area contributed by atoms with Gasteiger partial charge in [-0.1, -0.05) is 47.5 Å². The SMILES string of the molecule is O=C(ON1C(=O)c2ccccc2C1=O)C1COCCN1C(=O)OCc1ccccc1. The topological polar surface area (TPSA) is 102 Å². The molecule has 2 heterocycles. The summed E-state index contributed by atoms with van der Waals surface area (Å²) in [6.07, 6.45) is -0.716. The number of carbonyl (C=O) groups is 4. The lowest BCUT2D eigenvalue weighted by Gasteiger charge is -2.33. The maximum absolute atomic E-state index is 12.7. The summed E-state index contributed by atoms with van der Waals surface area (Å²) in [6, 6.07) is 14.1. The third kappa shape index (κ3) is 3.74. The average molecular weight is 410 g/mol. The molecule has 0 aromatic heterocycles. The number of morpholine rings is 1. The van der Waals surface area contributed by atoms with Crippen LogP contribution in [0.5, 0.6) is 0 Å². The number of hydrogen-bond acceptors (Lipinski definition) is 7. The van der Waals surface area contributed by atoms with E-state index >= 15 is 0 Å².